The van der Waals surface area contributed by atoms with Gasteiger partial charge >= 0.3 is 5.97 Å². The van der Waals surface area contributed by atoms with E-state index in [2.05, 4.69) is 20.8 Å². The molecule has 19 nitrogen and oxygen atoms in total. The smallest absolute Gasteiger partial charge is 0.316 e. The van der Waals surface area contributed by atoms with E-state index in [0.717, 1.165) is 30.6 Å². The zero-order valence-electron chi connectivity index (χ0n) is 39.8. The van der Waals surface area contributed by atoms with Crippen LogP contribution in [0.5, 0.6) is 0 Å². The van der Waals surface area contributed by atoms with Crippen LogP contribution in [-0.2, 0) is 52.8 Å². The zero-order chi connectivity index (χ0) is 47.8. The number of methoxy groups -OCH3 is 1. The van der Waals surface area contributed by atoms with Gasteiger partial charge in [0.15, 0.2) is 12.1 Å². The van der Waals surface area contributed by atoms with E-state index in [9.17, 15) is 35.0 Å². The third-order valence-corrected chi connectivity index (χ3v) is 13.9. The number of nitrogens with one attached hydrogen (secondary N) is 1. The van der Waals surface area contributed by atoms with Crippen molar-refractivity contribution in [1.29, 1.82) is 0 Å². The SMILES string of the molecule is CC[C@H]1OC(=O)[C@H](C)C(=O)[C@H](C)[C@@H](O[C@@H]2O[C@H](C)C[C@H](N(C)CCc3cn(CCc4ccc([N+](=O)[O-])cc4)nn3)[C@H]2O)[C@](C)(OC)C[C@@H](C)/C(=N\O[C@@H]2CCCNC2)[C@H](C)[C@@H](O)[C@]1(C)O. The number of ketones is 1. The van der Waals surface area contributed by atoms with Crippen molar-refractivity contribution in [2.75, 3.05) is 33.8 Å². The molecule has 4 N–H and O–H groups in total. The van der Waals surface area contributed by atoms with Gasteiger partial charge < -0.3 is 49.3 Å². The Labute approximate surface area is 382 Å². The summed E-state index contributed by atoms with van der Waals surface area (Å²) in [6, 6.07) is 6.02. The summed E-state index contributed by atoms with van der Waals surface area (Å²) in [4.78, 5) is 46.9. The minimum absolute atomic E-state index is 0.0399. The lowest BCUT2D eigenvalue weighted by Gasteiger charge is -2.47. The van der Waals surface area contributed by atoms with Gasteiger partial charge in [-0.15, -0.1) is 5.10 Å². The lowest BCUT2D eigenvalue weighted by molar-refractivity contribution is -0.384. The van der Waals surface area contributed by atoms with Crippen molar-refractivity contribution in [3.63, 3.8) is 0 Å². The van der Waals surface area contributed by atoms with Gasteiger partial charge in [0.25, 0.3) is 5.69 Å². The number of aryl methyl sites for hydroxylation is 2. The topological polar surface area (TPSA) is 242 Å². The third-order valence-electron chi connectivity index (χ3n) is 13.9. The van der Waals surface area contributed by atoms with Crippen LogP contribution in [-0.4, -0.2) is 152 Å². The fraction of sp³-hybridized carbons (Fsp3) is 0.761. The molecule has 2 aromatic rings. The number of likely N-dealkylation sites (N-methyl/N-ethyl adjacent to an activating group) is 1. The second kappa shape index (κ2) is 22.7. The van der Waals surface area contributed by atoms with Crippen LogP contribution in [0.25, 0.3) is 0 Å². The van der Waals surface area contributed by atoms with Gasteiger partial charge in [-0.25, -0.2) is 0 Å². The van der Waals surface area contributed by atoms with Crippen molar-refractivity contribution < 1.29 is 53.6 Å². The van der Waals surface area contributed by atoms with Crippen LogP contribution in [0, 0.1) is 33.8 Å². The van der Waals surface area contributed by atoms with E-state index < -0.39 is 88.3 Å². The highest BCUT2D eigenvalue weighted by Crippen LogP contribution is 2.39. The number of hydrogen-bond donors (Lipinski definition) is 4. The molecule has 0 bridgehead atoms. The van der Waals surface area contributed by atoms with Gasteiger partial charge in [-0.2, -0.15) is 0 Å². The third kappa shape index (κ3) is 12.7. The lowest BCUT2D eigenvalue weighted by atomic mass is 9.74. The van der Waals surface area contributed by atoms with Crippen molar-refractivity contribution in [1.82, 2.24) is 25.2 Å². The van der Waals surface area contributed by atoms with E-state index in [0.29, 0.717) is 44.6 Å². The molecule has 0 amide bonds. The maximum Gasteiger partial charge on any atom is 0.316 e. The van der Waals surface area contributed by atoms with Crippen LogP contribution in [0.2, 0.25) is 0 Å². The molecule has 4 heterocycles. The number of aliphatic hydroxyl groups is 3. The van der Waals surface area contributed by atoms with Crippen LogP contribution >= 0.6 is 0 Å². The van der Waals surface area contributed by atoms with Crippen molar-refractivity contribution in [3.8, 4) is 0 Å². The number of cyclic esters (lactones) is 1. The molecule has 1 aromatic carbocycles. The molecule has 14 atom stereocenters. The molecule has 3 fully saturated rings. The first-order valence-electron chi connectivity index (χ1n) is 23.2. The van der Waals surface area contributed by atoms with E-state index in [-0.39, 0.29) is 30.7 Å². The molecule has 0 unspecified atom stereocenters. The second-order valence-electron chi connectivity index (χ2n) is 19.0. The van der Waals surface area contributed by atoms with Crippen molar-refractivity contribution in [2.45, 2.75) is 167 Å². The Bertz CT molecular complexity index is 1910. The van der Waals surface area contributed by atoms with Crippen molar-refractivity contribution in [3.05, 3.63) is 51.8 Å². The number of Topliss-reactive ketones (excluding diaryl/α,β-unsaturated/α-hetero) is 1. The Morgan fingerprint density at radius 3 is 2.43 bits per heavy atom. The van der Waals surface area contributed by atoms with Crippen molar-refractivity contribution >= 4 is 23.2 Å². The molecular formula is C46H73N7O12. The van der Waals surface area contributed by atoms with Gasteiger partial charge in [-0.1, -0.05) is 50.2 Å². The first kappa shape index (κ1) is 52.0. The van der Waals surface area contributed by atoms with Crippen LogP contribution < -0.4 is 5.32 Å². The lowest BCUT2D eigenvalue weighted by Crippen LogP contribution is -2.60. The molecule has 0 aliphatic carbocycles. The minimum atomic E-state index is -1.92. The predicted octanol–water partition coefficient (Wildman–Crippen LogP) is 3.63. The minimum Gasteiger partial charge on any atom is -0.459 e. The molecule has 0 saturated carbocycles. The number of hydrogen-bond acceptors (Lipinski definition) is 17. The number of esters is 1. The van der Waals surface area contributed by atoms with E-state index in [1.807, 2.05) is 38.9 Å². The molecule has 3 saturated heterocycles. The number of nitrogens with zero attached hydrogens (tertiary/aromatic N) is 6. The number of ether oxygens (including phenoxy) is 4. The largest absolute Gasteiger partial charge is 0.459 e. The quantitative estimate of drug-likeness (QED) is 0.0915. The molecule has 3 aliphatic rings. The number of oxime groups is 1. The summed E-state index contributed by atoms with van der Waals surface area (Å²) in [5, 5.41) is 63.4. The summed E-state index contributed by atoms with van der Waals surface area (Å²) in [6.45, 7) is 16.2. The number of aromatic nitrogens is 3. The standard InChI is InChI=1S/C46H73N7O12/c1-11-37-46(8,58)41(56)29(4)38(49-65-35-13-12-20-47-25-35)27(2)24-45(7,61-10)42(30(5)39(54)31(6)43(57)63-37)64-44-40(55)36(23-28(3)62-44)51(9)21-19-33-26-52(50-48-33)22-18-32-14-16-34(17-15-32)53(59)60/h14-17,26-31,35-37,40-42,44,47,55-56,58H,11-13,18-25H2,1-10H3/b49-38+/t27-,28-,29+,30+,31-,35-,36+,37-,40-,41-,42-,44+,45-,46-/m1/s1. The average molecular weight is 916 g/mol. The van der Waals surface area contributed by atoms with Gasteiger partial charge in [-0.05, 0) is 85.4 Å². The van der Waals surface area contributed by atoms with Crippen LogP contribution in [0.1, 0.15) is 98.8 Å². The Balaban J connectivity index is 1.37. The average Bonchev–Trinajstić information content (AvgIpc) is 3.75. The highest BCUT2D eigenvalue weighted by molar-refractivity contribution is 6.00. The van der Waals surface area contributed by atoms with E-state index in [1.165, 1.54) is 33.1 Å². The van der Waals surface area contributed by atoms with Gasteiger partial charge in [0.2, 0.25) is 0 Å². The van der Waals surface area contributed by atoms with Crippen molar-refractivity contribution in [2.24, 2.45) is 28.8 Å². The summed E-state index contributed by atoms with van der Waals surface area (Å²) in [5.74, 6) is -4.86. The number of aliphatic hydroxyl groups excluding tert-OH is 2. The van der Waals surface area contributed by atoms with Crippen LogP contribution in [0.3, 0.4) is 0 Å². The summed E-state index contributed by atoms with van der Waals surface area (Å²) in [5.41, 5.74) is -1.01. The molecule has 0 spiro atoms. The predicted molar refractivity (Wildman–Crippen MR) is 240 cm³/mol. The van der Waals surface area contributed by atoms with Gasteiger partial charge in [-0.3, -0.25) is 24.4 Å². The highest BCUT2D eigenvalue weighted by atomic mass is 16.7. The number of piperidine rings is 1. The molecule has 0 radical (unpaired) electrons. The molecule has 3 aliphatic heterocycles. The zero-order valence-corrected chi connectivity index (χ0v) is 39.8. The van der Waals surface area contributed by atoms with Gasteiger partial charge in [0.05, 0.1) is 40.2 Å². The molecule has 5 rings (SSSR count). The molecular weight excluding hydrogens is 843 g/mol. The first-order valence-corrected chi connectivity index (χ1v) is 23.2. The number of nitro groups is 1. The molecule has 1 aromatic heterocycles. The monoisotopic (exact) mass is 916 g/mol. The molecule has 19 heteroatoms. The van der Waals surface area contributed by atoms with Crippen LogP contribution in [0.15, 0.2) is 35.6 Å². The number of benzene rings is 1. The Morgan fingerprint density at radius 2 is 1.80 bits per heavy atom. The fourth-order valence-corrected chi connectivity index (χ4v) is 9.63. The number of carbonyl (C=O) groups is 2. The Kier molecular flexibility index (Phi) is 18.2. The maximum absolute atomic E-state index is 14.4. The Morgan fingerprint density at radius 1 is 1.09 bits per heavy atom. The summed E-state index contributed by atoms with van der Waals surface area (Å²) >= 11 is 0. The number of nitro benzene ring substituents is 1. The highest BCUT2D eigenvalue weighted by Gasteiger charge is 2.52. The Hall–Kier alpha value is -3.95. The first-order chi connectivity index (χ1) is 30.7. The summed E-state index contributed by atoms with van der Waals surface area (Å²) < 4.78 is 27.0. The number of carbonyl (C=O) groups excluding carboxylic acids is 2. The van der Waals surface area contributed by atoms with Gasteiger partial charge in [0, 0.05) is 75.3 Å². The fourth-order valence-electron chi connectivity index (χ4n) is 9.63. The van der Waals surface area contributed by atoms with E-state index in [1.54, 1.807) is 37.6 Å². The van der Waals surface area contributed by atoms with E-state index >= 15 is 0 Å². The molecule has 65 heavy (non-hydrogen) atoms. The summed E-state index contributed by atoms with van der Waals surface area (Å²) in [7, 11) is 3.42. The maximum atomic E-state index is 14.4. The second-order valence-corrected chi connectivity index (χ2v) is 19.0. The number of non-ortho nitro benzene ring substituents is 1. The van der Waals surface area contributed by atoms with E-state index in [4.69, 9.17) is 23.8 Å². The normalized spacial score (nSPS) is 36.3. The summed E-state index contributed by atoms with van der Waals surface area (Å²) in [6.07, 6.45) is -1.04. The van der Waals surface area contributed by atoms with Gasteiger partial charge in [0.1, 0.15) is 29.8 Å². The molecule has 364 valence electrons. The van der Waals surface area contributed by atoms with Crippen LogP contribution in [0.4, 0.5) is 5.69 Å². The number of rotatable bonds is 14.